The minimum atomic E-state index is -1.28. The van der Waals surface area contributed by atoms with Crippen LogP contribution in [0.4, 0.5) is 0 Å². The Kier molecular flexibility index (Phi) is 2.66. The molecular formula is C15H14N2O4. The van der Waals surface area contributed by atoms with Crippen molar-refractivity contribution >= 4 is 17.7 Å². The van der Waals surface area contributed by atoms with Gasteiger partial charge in [-0.1, -0.05) is 12.6 Å². The molecular weight excluding hydrogens is 272 g/mol. The average molecular weight is 286 g/mol. The summed E-state index contributed by atoms with van der Waals surface area (Å²) in [5.41, 5.74) is -0.628. The first-order valence-electron chi connectivity index (χ1n) is 6.56. The fraction of sp³-hybridized carbons (Fsp3) is 0.267. The first-order chi connectivity index (χ1) is 9.86. The van der Waals surface area contributed by atoms with E-state index in [4.69, 9.17) is 0 Å². The van der Waals surface area contributed by atoms with E-state index < -0.39 is 23.3 Å². The van der Waals surface area contributed by atoms with Crippen molar-refractivity contribution in [3.8, 4) is 5.75 Å². The summed E-state index contributed by atoms with van der Waals surface area (Å²) < 4.78 is 0. The third-order valence-corrected chi connectivity index (χ3v) is 4.08. The molecule has 0 spiro atoms. The Balaban J connectivity index is 2.08. The Labute approximate surface area is 121 Å². The van der Waals surface area contributed by atoms with Crippen LogP contribution < -0.4 is 5.32 Å². The molecule has 6 nitrogen and oxygen atoms in total. The van der Waals surface area contributed by atoms with Gasteiger partial charge in [-0.25, -0.2) is 0 Å². The highest BCUT2D eigenvalue weighted by atomic mass is 16.3. The van der Waals surface area contributed by atoms with Gasteiger partial charge in [-0.05, 0) is 31.9 Å². The Morgan fingerprint density at radius 3 is 2.62 bits per heavy atom. The molecule has 1 aromatic rings. The number of hydrogen-bond donors (Lipinski definition) is 2. The van der Waals surface area contributed by atoms with Crippen LogP contribution >= 0.6 is 0 Å². The molecule has 0 bridgehead atoms. The summed E-state index contributed by atoms with van der Waals surface area (Å²) in [7, 11) is 0. The van der Waals surface area contributed by atoms with Crippen LogP contribution in [0, 0.1) is 0 Å². The highest BCUT2D eigenvalue weighted by Crippen LogP contribution is 2.37. The van der Waals surface area contributed by atoms with Crippen LogP contribution in [0.1, 0.15) is 40.5 Å². The van der Waals surface area contributed by atoms with Crippen LogP contribution in [-0.2, 0) is 4.79 Å². The van der Waals surface area contributed by atoms with E-state index in [1.807, 2.05) is 0 Å². The van der Waals surface area contributed by atoms with Gasteiger partial charge in [0.05, 0.1) is 11.1 Å². The lowest BCUT2D eigenvalue weighted by Crippen LogP contribution is -2.60. The maximum absolute atomic E-state index is 12.5. The Bertz CT molecular complexity index is 710. The molecule has 3 amide bonds. The second-order valence-electron chi connectivity index (χ2n) is 5.48. The van der Waals surface area contributed by atoms with E-state index in [0.717, 1.165) is 4.90 Å². The topological polar surface area (TPSA) is 86.7 Å². The van der Waals surface area contributed by atoms with Crippen LogP contribution in [0.15, 0.2) is 30.5 Å². The maximum atomic E-state index is 12.5. The van der Waals surface area contributed by atoms with Gasteiger partial charge < -0.3 is 10.4 Å². The van der Waals surface area contributed by atoms with Gasteiger partial charge in [0, 0.05) is 5.70 Å². The molecule has 6 heteroatoms. The van der Waals surface area contributed by atoms with Crippen LogP contribution in [0.25, 0.3) is 0 Å². The molecule has 1 aromatic carbocycles. The zero-order valence-corrected chi connectivity index (χ0v) is 11.5. The molecule has 1 unspecified atom stereocenters. The summed E-state index contributed by atoms with van der Waals surface area (Å²) in [5.74, 6) is -1.89. The number of fused-ring (bicyclic) bond motifs is 1. The molecule has 1 saturated heterocycles. The van der Waals surface area contributed by atoms with Crippen molar-refractivity contribution in [3.05, 3.63) is 41.6 Å². The van der Waals surface area contributed by atoms with Crippen molar-refractivity contribution in [1.29, 1.82) is 0 Å². The van der Waals surface area contributed by atoms with Crippen molar-refractivity contribution in [2.75, 3.05) is 0 Å². The monoisotopic (exact) mass is 286 g/mol. The van der Waals surface area contributed by atoms with Gasteiger partial charge in [0.2, 0.25) is 5.91 Å². The molecule has 2 N–H and O–H groups in total. The normalized spacial score (nSPS) is 25.1. The number of piperidine rings is 1. The predicted octanol–water partition coefficient (Wildman–Crippen LogP) is 1.17. The van der Waals surface area contributed by atoms with Crippen LogP contribution in [-0.4, -0.2) is 33.3 Å². The van der Waals surface area contributed by atoms with E-state index in [2.05, 4.69) is 11.9 Å². The van der Waals surface area contributed by atoms with Gasteiger partial charge in [-0.15, -0.1) is 0 Å². The number of nitrogens with one attached hydrogen (secondary N) is 1. The molecule has 21 heavy (non-hydrogen) atoms. The molecule has 0 saturated carbocycles. The standard InChI is InChI=1S/C15H14N2O4/c1-8-6-7-15(2,14(21)16-8)17-12(19)9-4-3-5-10(18)11(9)13(17)20/h3-5,18H,1,6-7H2,2H3,(H,16,21). The molecule has 3 rings (SSSR count). The molecule has 108 valence electrons. The van der Waals surface area contributed by atoms with Crippen molar-refractivity contribution < 1.29 is 19.5 Å². The summed E-state index contributed by atoms with van der Waals surface area (Å²) in [5, 5.41) is 12.4. The van der Waals surface area contributed by atoms with Crippen LogP contribution in [0.5, 0.6) is 5.75 Å². The number of carbonyl (C=O) groups is 3. The highest BCUT2D eigenvalue weighted by Gasteiger charge is 2.52. The molecule has 1 fully saturated rings. The summed E-state index contributed by atoms with van der Waals surface area (Å²) in [4.78, 5) is 38.2. The largest absolute Gasteiger partial charge is 0.507 e. The zero-order valence-electron chi connectivity index (χ0n) is 11.5. The van der Waals surface area contributed by atoms with Crippen molar-refractivity contribution in [2.45, 2.75) is 25.3 Å². The van der Waals surface area contributed by atoms with E-state index in [1.165, 1.54) is 18.2 Å². The fourth-order valence-corrected chi connectivity index (χ4v) is 2.79. The first kappa shape index (κ1) is 13.4. The number of rotatable bonds is 1. The second-order valence-corrected chi connectivity index (χ2v) is 5.48. The van der Waals surface area contributed by atoms with Gasteiger partial charge >= 0.3 is 0 Å². The summed E-state index contributed by atoms with van der Waals surface area (Å²) in [6.07, 6.45) is 0.797. The Morgan fingerprint density at radius 1 is 1.29 bits per heavy atom. The molecule has 2 aliphatic rings. The van der Waals surface area contributed by atoms with Gasteiger partial charge in [-0.3, -0.25) is 19.3 Å². The van der Waals surface area contributed by atoms with Gasteiger partial charge in [0.1, 0.15) is 11.3 Å². The molecule has 0 radical (unpaired) electrons. The number of aromatic hydroxyl groups is 1. The molecule has 1 atom stereocenters. The number of phenols is 1. The minimum Gasteiger partial charge on any atom is -0.507 e. The number of carbonyl (C=O) groups excluding carboxylic acids is 3. The van der Waals surface area contributed by atoms with E-state index in [0.29, 0.717) is 18.5 Å². The second kappa shape index (κ2) is 4.18. The quantitative estimate of drug-likeness (QED) is 0.759. The van der Waals surface area contributed by atoms with Crippen molar-refractivity contribution in [1.82, 2.24) is 10.2 Å². The molecule has 0 aliphatic carbocycles. The lowest BCUT2D eigenvalue weighted by atomic mass is 9.88. The number of allylic oxidation sites excluding steroid dienone is 1. The van der Waals surface area contributed by atoms with E-state index in [1.54, 1.807) is 6.92 Å². The van der Waals surface area contributed by atoms with Crippen molar-refractivity contribution in [3.63, 3.8) is 0 Å². The van der Waals surface area contributed by atoms with Gasteiger partial charge in [0.25, 0.3) is 11.8 Å². The third-order valence-electron chi connectivity index (χ3n) is 4.08. The SMILES string of the molecule is C=C1CCC(C)(N2C(=O)c3cccc(O)c3C2=O)C(=O)N1. The molecule has 2 heterocycles. The lowest BCUT2D eigenvalue weighted by Gasteiger charge is -2.39. The van der Waals surface area contributed by atoms with Gasteiger partial charge in [-0.2, -0.15) is 0 Å². The fourth-order valence-electron chi connectivity index (χ4n) is 2.79. The number of hydrogen-bond acceptors (Lipinski definition) is 4. The number of amides is 3. The smallest absolute Gasteiger partial charge is 0.266 e. The number of benzene rings is 1. The highest BCUT2D eigenvalue weighted by molar-refractivity contribution is 6.24. The van der Waals surface area contributed by atoms with E-state index in [-0.39, 0.29) is 16.9 Å². The van der Waals surface area contributed by atoms with Crippen LogP contribution in [0.3, 0.4) is 0 Å². The predicted molar refractivity (Wildman–Crippen MR) is 73.5 cm³/mol. The maximum Gasteiger partial charge on any atom is 0.266 e. The van der Waals surface area contributed by atoms with Crippen molar-refractivity contribution in [2.24, 2.45) is 0 Å². The van der Waals surface area contributed by atoms with E-state index >= 15 is 0 Å². The minimum absolute atomic E-state index is 0.0408. The zero-order chi connectivity index (χ0) is 15.4. The van der Waals surface area contributed by atoms with E-state index in [9.17, 15) is 19.5 Å². The number of imide groups is 1. The lowest BCUT2D eigenvalue weighted by molar-refractivity contribution is -0.131. The third kappa shape index (κ3) is 1.68. The van der Waals surface area contributed by atoms with Crippen LogP contribution in [0.2, 0.25) is 0 Å². The Morgan fingerprint density at radius 2 is 2.00 bits per heavy atom. The molecule has 0 aromatic heterocycles. The summed E-state index contributed by atoms with van der Waals surface area (Å²) in [6, 6.07) is 4.31. The number of nitrogens with zero attached hydrogens (tertiary/aromatic N) is 1. The Hall–Kier alpha value is -2.63. The van der Waals surface area contributed by atoms with Gasteiger partial charge in [0.15, 0.2) is 0 Å². The summed E-state index contributed by atoms with van der Waals surface area (Å²) >= 11 is 0. The first-order valence-corrected chi connectivity index (χ1v) is 6.56. The number of phenolic OH excluding ortho intramolecular Hbond substituents is 1. The summed E-state index contributed by atoms with van der Waals surface area (Å²) in [6.45, 7) is 5.24. The molecule has 2 aliphatic heterocycles. The average Bonchev–Trinajstić information content (AvgIpc) is 2.68.